The molecule has 6 heteroatoms. The van der Waals surface area contributed by atoms with Gasteiger partial charge in [0.1, 0.15) is 0 Å². The van der Waals surface area contributed by atoms with E-state index in [4.69, 9.17) is 9.47 Å². The molecule has 0 saturated carbocycles. The van der Waals surface area contributed by atoms with E-state index in [-0.39, 0.29) is 18.4 Å². The van der Waals surface area contributed by atoms with Gasteiger partial charge < -0.3 is 9.47 Å². The van der Waals surface area contributed by atoms with Crippen molar-refractivity contribution in [1.82, 2.24) is 0 Å². The third-order valence-corrected chi connectivity index (χ3v) is 9.05. The van der Waals surface area contributed by atoms with Crippen LogP contribution in [0.4, 0.5) is 0 Å². The van der Waals surface area contributed by atoms with Gasteiger partial charge in [-0.3, -0.25) is 14.4 Å². The molecule has 0 aromatic rings. The molecule has 0 heterocycles. The summed E-state index contributed by atoms with van der Waals surface area (Å²) in [6.07, 6.45) is 37.1. The maximum absolute atomic E-state index is 12.1. The Balaban J connectivity index is 3.62. The minimum absolute atomic E-state index is 0.166. The molecule has 0 rings (SSSR count). The predicted molar refractivity (Wildman–Crippen MR) is 195 cm³/mol. The molecule has 0 radical (unpaired) electrons. The van der Waals surface area contributed by atoms with E-state index in [1.807, 2.05) is 0 Å². The number of ether oxygens (including phenoxy) is 2. The first kappa shape index (κ1) is 45.0. The van der Waals surface area contributed by atoms with Crippen molar-refractivity contribution in [3.05, 3.63) is 12.2 Å². The molecule has 0 spiro atoms. The third kappa shape index (κ3) is 33.7. The monoisotopic (exact) mass is 663 g/mol. The first-order valence-corrected chi connectivity index (χ1v) is 20.1. The highest BCUT2D eigenvalue weighted by Crippen LogP contribution is 2.16. The van der Waals surface area contributed by atoms with Gasteiger partial charge in [-0.1, -0.05) is 200 Å². The van der Waals surface area contributed by atoms with Crippen molar-refractivity contribution in [2.75, 3.05) is 0 Å². The lowest BCUT2D eigenvalue weighted by atomic mass is 10.0. The summed E-state index contributed by atoms with van der Waals surface area (Å²) in [6, 6.07) is 0. The summed E-state index contributed by atoms with van der Waals surface area (Å²) in [5, 5.41) is 0. The lowest BCUT2D eigenvalue weighted by molar-refractivity contribution is -0.162. The summed E-state index contributed by atoms with van der Waals surface area (Å²) >= 11 is 0. The Morgan fingerprint density at radius 1 is 0.362 bits per heavy atom. The maximum atomic E-state index is 12.1. The molecular weight excluding hydrogens is 588 g/mol. The molecule has 0 aliphatic heterocycles. The van der Waals surface area contributed by atoms with Gasteiger partial charge in [-0.25, -0.2) is 4.79 Å². The highest BCUT2D eigenvalue weighted by Gasteiger charge is 2.19. The van der Waals surface area contributed by atoms with E-state index in [1.165, 1.54) is 154 Å². The van der Waals surface area contributed by atoms with E-state index in [9.17, 15) is 19.2 Å². The Labute approximate surface area is 290 Å². The van der Waals surface area contributed by atoms with Crippen molar-refractivity contribution in [3.8, 4) is 0 Å². The van der Waals surface area contributed by atoms with Crippen LogP contribution >= 0.6 is 0 Å². The number of hydrogen-bond acceptors (Lipinski definition) is 6. The average molecular weight is 663 g/mol. The molecule has 0 aliphatic rings. The highest BCUT2D eigenvalue weighted by atomic mass is 16.6. The van der Waals surface area contributed by atoms with E-state index in [0.29, 0.717) is 12.8 Å². The van der Waals surface area contributed by atoms with Gasteiger partial charge in [0, 0.05) is 18.4 Å². The zero-order valence-corrected chi connectivity index (χ0v) is 31.0. The number of carbonyl (C=O) groups excluding carboxylic acids is 4. The quantitative estimate of drug-likeness (QED) is 0.0290. The van der Waals surface area contributed by atoms with Crippen LogP contribution in [0.1, 0.15) is 226 Å². The Hall–Kier alpha value is -1.98. The minimum atomic E-state index is -0.928. The van der Waals surface area contributed by atoms with E-state index in [2.05, 4.69) is 20.4 Å². The van der Waals surface area contributed by atoms with E-state index in [1.54, 1.807) is 0 Å². The molecule has 0 unspecified atom stereocenters. The van der Waals surface area contributed by atoms with Crippen molar-refractivity contribution >= 4 is 23.9 Å². The highest BCUT2D eigenvalue weighted by molar-refractivity contribution is 6.00. The zero-order valence-electron chi connectivity index (χ0n) is 31.0. The van der Waals surface area contributed by atoms with Crippen LogP contribution in [0, 0.1) is 0 Å². The van der Waals surface area contributed by atoms with E-state index in [0.717, 1.165) is 25.7 Å². The van der Waals surface area contributed by atoms with Crippen LogP contribution in [0.25, 0.3) is 0 Å². The first-order chi connectivity index (χ1) is 22.9. The molecule has 0 saturated heterocycles. The van der Waals surface area contributed by atoms with Gasteiger partial charge in [-0.2, -0.15) is 0 Å². The number of unbranched alkanes of at least 4 members (excludes halogenated alkanes) is 28. The minimum Gasteiger partial charge on any atom is -0.393 e. The Morgan fingerprint density at radius 3 is 0.915 bits per heavy atom. The van der Waals surface area contributed by atoms with Crippen LogP contribution in [-0.2, 0) is 28.7 Å². The second-order valence-electron chi connectivity index (χ2n) is 13.8. The van der Waals surface area contributed by atoms with Crippen molar-refractivity contribution in [3.63, 3.8) is 0 Å². The van der Waals surface area contributed by atoms with Gasteiger partial charge in [0.15, 0.2) is 0 Å². The lowest BCUT2D eigenvalue weighted by Gasteiger charge is -2.06. The van der Waals surface area contributed by atoms with Crippen molar-refractivity contribution in [1.29, 1.82) is 0 Å². The topological polar surface area (TPSA) is 86.7 Å². The molecule has 0 fully saturated rings. The molecule has 274 valence electrons. The van der Waals surface area contributed by atoms with Gasteiger partial charge in [0.2, 0.25) is 0 Å². The van der Waals surface area contributed by atoms with Crippen LogP contribution in [0.2, 0.25) is 0 Å². The third-order valence-electron chi connectivity index (χ3n) is 9.05. The fraction of sp³-hybridized carbons (Fsp3) is 0.854. The van der Waals surface area contributed by atoms with Gasteiger partial charge in [0.05, 0.1) is 6.42 Å². The molecule has 0 amide bonds. The second-order valence-corrected chi connectivity index (χ2v) is 13.8. The summed E-state index contributed by atoms with van der Waals surface area (Å²) in [7, 11) is 0. The fourth-order valence-electron chi connectivity index (χ4n) is 5.97. The standard InChI is InChI=1S/C41H74O6/c1-4-6-8-10-12-14-16-18-20-22-24-26-28-30-32-34-38(42)46-40(44)36-37(3)41(45)47-39(43)35-33-31-29-27-25-23-21-19-17-15-13-11-9-7-5-2/h3-36H2,1-2H3. The Morgan fingerprint density at radius 2 is 0.617 bits per heavy atom. The normalized spacial score (nSPS) is 11.0. The average Bonchev–Trinajstić information content (AvgIpc) is 3.04. The van der Waals surface area contributed by atoms with Gasteiger partial charge in [0.25, 0.3) is 0 Å². The van der Waals surface area contributed by atoms with Crippen molar-refractivity contribution in [2.24, 2.45) is 0 Å². The first-order valence-electron chi connectivity index (χ1n) is 20.1. The largest absolute Gasteiger partial charge is 0.393 e. The lowest BCUT2D eigenvalue weighted by Crippen LogP contribution is -2.18. The number of esters is 4. The van der Waals surface area contributed by atoms with Crippen molar-refractivity contribution < 1.29 is 28.7 Å². The summed E-state index contributed by atoms with van der Waals surface area (Å²) in [4.78, 5) is 48.2. The predicted octanol–water partition coefficient (Wildman–Crippen LogP) is 12.6. The fourth-order valence-corrected chi connectivity index (χ4v) is 5.97. The van der Waals surface area contributed by atoms with Crippen LogP contribution < -0.4 is 0 Å². The number of carbonyl (C=O) groups is 4. The molecule has 0 atom stereocenters. The molecule has 0 N–H and O–H groups in total. The number of hydrogen-bond donors (Lipinski definition) is 0. The van der Waals surface area contributed by atoms with Crippen LogP contribution in [0.5, 0.6) is 0 Å². The molecule has 0 aromatic heterocycles. The molecule has 47 heavy (non-hydrogen) atoms. The molecule has 0 bridgehead atoms. The van der Waals surface area contributed by atoms with Gasteiger partial charge in [-0.15, -0.1) is 0 Å². The Kier molecular flexibility index (Phi) is 33.8. The van der Waals surface area contributed by atoms with Gasteiger partial charge >= 0.3 is 23.9 Å². The molecular formula is C41H74O6. The van der Waals surface area contributed by atoms with Crippen LogP contribution in [-0.4, -0.2) is 23.9 Å². The second kappa shape index (κ2) is 35.3. The summed E-state index contributed by atoms with van der Waals surface area (Å²) in [5.41, 5.74) is -0.181. The van der Waals surface area contributed by atoms with Crippen molar-refractivity contribution in [2.45, 2.75) is 226 Å². The summed E-state index contributed by atoms with van der Waals surface area (Å²) in [5.74, 6) is -2.96. The molecule has 0 aromatic carbocycles. The van der Waals surface area contributed by atoms with Crippen LogP contribution in [0.15, 0.2) is 12.2 Å². The SMILES string of the molecule is C=C(CC(=O)OC(=O)CCCCCCCCCCCCCCCCC)C(=O)OC(=O)CCCCCCCCCCCCCCCCC. The maximum Gasteiger partial charge on any atom is 0.341 e. The van der Waals surface area contributed by atoms with E-state index < -0.39 is 30.3 Å². The van der Waals surface area contributed by atoms with E-state index >= 15 is 0 Å². The summed E-state index contributed by atoms with van der Waals surface area (Å²) in [6.45, 7) is 8.05. The van der Waals surface area contributed by atoms with Crippen LogP contribution in [0.3, 0.4) is 0 Å². The zero-order chi connectivity index (χ0) is 34.6. The summed E-state index contributed by atoms with van der Waals surface area (Å²) < 4.78 is 9.65. The smallest absolute Gasteiger partial charge is 0.341 e. The molecule has 6 nitrogen and oxygen atoms in total. The molecule has 0 aliphatic carbocycles. The number of rotatable bonds is 35. The Bertz CT molecular complexity index is 789. The van der Waals surface area contributed by atoms with Gasteiger partial charge in [-0.05, 0) is 12.8 Å².